The lowest BCUT2D eigenvalue weighted by Gasteiger charge is -2.41. The Bertz CT molecular complexity index is 1050. The summed E-state index contributed by atoms with van der Waals surface area (Å²) in [7, 11) is -0.575. The normalized spacial score (nSPS) is 29.1. The van der Waals surface area contributed by atoms with Crippen LogP contribution in [0.2, 0.25) is 0 Å². The highest BCUT2D eigenvalue weighted by Gasteiger charge is 2.66. The molecule has 162 valence electrons. The summed E-state index contributed by atoms with van der Waals surface area (Å²) in [5.74, 6) is 1.34. The van der Waals surface area contributed by atoms with Gasteiger partial charge in [-0.15, -0.1) is 11.3 Å². The molecule has 2 bridgehead atoms. The van der Waals surface area contributed by atoms with Crippen LogP contribution in [0.3, 0.4) is 0 Å². The van der Waals surface area contributed by atoms with Crippen molar-refractivity contribution in [2.75, 3.05) is 0 Å². The van der Waals surface area contributed by atoms with E-state index in [2.05, 4.69) is 111 Å². The topological polar surface area (TPSA) is 0 Å². The standard InChI is InChI=1S/C28H32BrPS/c1-18-23(24-25(29)22-16-17-28(24,5)27(22,3)4)26(19(2)31-18)30(20-12-8-6-9-13-20)21-14-10-7-11-15-21/h6-15,22,24-25H,16-17H2,1-5H3. The second-order valence-corrected chi connectivity index (χ2v) is 14.8. The first-order valence-corrected chi connectivity index (χ1v) is 14.5. The molecule has 2 aliphatic rings. The van der Waals surface area contributed by atoms with Gasteiger partial charge in [-0.25, -0.2) is 0 Å². The van der Waals surface area contributed by atoms with Crippen LogP contribution in [-0.2, 0) is 0 Å². The molecule has 3 aromatic rings. The Labute approximate surface area is 201 Å². The zero-order chi connectivity index (χ0) is 22.0. The van der Waals surface area contributed by atoms with Crippen LogP contribution in [0.1, 0.15) is 54.8 Å². The SMILES string of the molecule is Cc1sc(C)c(P(c2ccccc2)c2ccccc2)c1C1C(Br)C2CCC1(C)C2(C)C. The molecule has 2 saturated carbocycles. The Morgan fingerprint density at radius 3 is 1.90 bits per heavy atom. The molecule has 1 heterocycles. The summed E-state index contributed by atoms with van der Waals surface area (Å²) >= 11 is 6.28. The predicted octanol–water partition coefficient (Wildman–Crippen LogP) is 7.43. The summed E-state index contributed by atoms with van der Waals surface area (Å²) in [6, 6.07) is 22.5. The summed E-state index contributed by atoms with van der Waals surface area (Å²) < 4.78 is 0. The van der Waals surface area contributed by atoms with E-state index in [1.54, 1.807) is 10.9 Å². The Morgan fingerprint density at radius 2 is 1.42 bits per heavy atom. The largest absolute Gasteiger partial charge is 0.145 e. The first-order valence-electron chi connectivity index (χ1n) is 11.4. The second-order valence-electron chi connectivity index (χ2n) is 10.2. The van der Waals surface area contributed by atoms with Crippen molar-refractivity contribution < 1.29 is 0 Å². The second kappa shape index (κ2) is 7.82. The van der Waals surface area contributed by atoms with Crippen molar-refractivity contribution in [3.63, 3.8) is 0 Å². The Hall–Kier alpha value is -0.950. The van der Waals surface area contributed by atoms with Crippen molar-refractivity contribution in [2.45, 2.75) is 58.2 Å². The van der Waals surface area contributed by atoms with E-state index in [0.29, 0.717) is 21.6 Å². The van der Waals surface area contributed by atoms with Crippen molar-refractivity contribution in [3.8, 4) is 0 Å². The van der Waals surface area contributed by atoms with E-state index in [1.807, 2.05) is 11.3 Å². The van der Waals surface area contributed by atoms with Gasteiger partial charge in [0.1, 0.15) is 0 Å². The third-order valence-corrected chi connectivity index (χ3v) is 13.6. The molecule has 5 rings (SSSR count). The number of fused-ring (bicyclic) bond motifs is 2. The molecule has 0 aliphatic heterocycles. The molecule has 0 amide bonds. The van der Waals surface area contributed by atoms with E-state index in [-0.39, 0.29) is 0 Å². The lowest BCUT2D eigenvalue weighted by Crippen LogP contribution is -2.35. The van der Waals surface area contributed by atoms with Gasteiger partial charge >= 0.3 is 0 Å². The highest BCUT2D eigenvalue weighted by atomic mass is 79.9. The van der Waals surface area contributed by atoms with Gasteiger partial charge in [-0.1, -0.05) is 97.4 Å². The van der Waals surface area contributed by atoms with Gasteiger partial charge in [0.2, 0.25) is 0 Å². The zero-order valence-corrected chi connectivity index (χ0v) is 22.5. The van der Waals surface area contributed by atoms with E-state index >= 15 is 0 Å². The third-order valence-electron chi connectivity index (χ3n) is 8.60. The lowest BCUT2D eigenvalue weighted by atomic mass is 9.65. The van der Waals surface area contributed by atoms with Crippen molar-refractivity contribution in [1.82, 2.24) is 0 Å². The summed E-state index contributed by atoms with van der Waals surface area (Å²) in [5.41, 5.74) is 2.38. The number of benzene rings is 2. The minimum Gasteiger partial charge on any atom is -0.145 e. The molecule has 0 spiro atoms. The molecule has 2 fully saturated rings. The van der Waals surface area contributed by atoms with Gasteiger partial charge in [-0.3, -0.25) is 0 Å². The molecule has 0 radical (unpaired) electrons. The van der Waals surface area contributed by atoms with Gasteiger partial charge in [0.05, 0.1) is 0 Å². The molecule has 4 unspecified atom stereocenters. The molecule has 2 aromatic carbocycles. The van der Waals surface area contributed by atoms with Crippen molar-refractivity contribution >= 4 is 51.1 Å². The first kappa shape index (κ1) is 21.9. The van der Waals surface area contributed by atoms with E-state index in [4.69, 9.17) is 0 Å². The average molecular weight is 512 g/mol. The number of thiophene rings is 1. The van der Waals surface area contributed by atoms with Crippen LogP contribution in [0.25, 0.3) is 0 Å². The maximum atomic E-state index is 4.26. The summed E-state index contributed by atoms with van der Waals surface area (Å²) in [4.78, 5) is 3.61. The monoisotopic (exact) mass is 510 g/mol. The summed E-state index contributed by atoms with van der Waals surface area (Å²) in [6.45, 7) is 12.4. The van der Waals surface area contributed by atoms with Crippen LogP contribution in [0.5, 0.6) is 0 Å². The molecular formula is C28H32BrPS. The maximum Gasteiger partial charge on any atom is 0.0254 e. The minimum atomic E-state index is -0.575. The van der Waals surface area contributed by atoms with Gasteiger partial charge in [-0.05, 0) is 67.5 Å². The Balaban J connectivity index is 1.75. The molecule has 0 nitrogen and oxygen atoms in total. The van der Waals surface area contributed by atoms with Gasteiger partial charge in [0.25, 0.3) is 0 Å². The summed E-state index contributed by atoms with van der Waals surface area (Å²) in [5, 5.41) is 4.56. The quantitative estimate of drug-likeness (QED) is 0.253. The molecule has 3 heteroatoms. The fourth-order valence-corrected chi connectivity index (χ4v) is 12.5. The lowest BCUT2D eigenvalue weighted by molar-refractivity contribution is 0.135. The molecule has 1 aromatic heterocycles. The molecule has 31 heavy (non-hydrogen) atoms. The van der Waals surface area contributed by atoms with E-state index in [1.165, 1.54) is 33.2 Å². The number of alkyl halides is 1. The first-order chi connectivity index (χ1) is 14.8. The van der Waals surface area contributed by atoms with E-state index in [9.17, 15) is 0 Å². The van der Waals surface area contributed by atoms with Crippen LogP contribution >= 0.6 is 35.2 Å². The summed E-state index contributed by atoms with van der Waals surface area (Å²) in [6.07, 6.45) is 2.71. The number of hydrogen-bond acceptors (Lipinski definition) is 1. The molecule has 0 N–H and O–H groups in total. The zero-order valence-electron chi connectivity index (χ0n) is 19.2. The number of aryl methyl sites for hydroxylation is 2. The Kier molecular flexibility index (Phi) is 5.52. The maximum absolute atomic E-state index is 4.26. The minimum absolute atomic E-state index is 0.341. The van der Waals surface area contributed by atoms with Crippen LogP contribution < -0.4 is 15.9 Å². The number of halogens is 1. The molecule has 4 atom stereocenters. The van der Waals surface area contributed by atoms with Crippen molar-refractivity contribution in [1.29, 1.82) is 0 Å². The highest BCUT2D eigenvalue weighted by Crippen LogP contribution is 2.73. The van der Waals surface area contributed by atoms with Gasteiger partial charge < -0.3 is 0 Å². The van der Waals surface area contributed by atoms with Crippen molar-refractivity contribution in [2.24, 2.45) is 16.7 Å². The van der Waals surface area contributed by atoms with Gasteiger partial charge in [0.15, 0.2) is 0 Å². The third kappa shape index (κ3) is 3.16. The highest BCUT2D eigenvalue weighted by molar-refractivity contribution is 9.09. The van der Waals surface area contributed by atoms with Crippen molar-refractivity contribution in [3.05, 3.63) is 76.0 Å². The fourth-order valence-electron chi connectivity index (χ4n) is 6.63. The average Bonchev–Trinajstić information content (AvgIpc) is 3.21. The van der Waals surface area contributed by atoms with Gasteiger partial charge in [0, 0.05) is 25.8 Å². The number of rotatable bonds is 4. The predicted molar refractivity (Wildman–Crippen MR) is 143 cm³/mol. The van der Waals surface area contributed by atoms with Gasteiger partial charge in [-0.2, -0.15) is 0 Å². The van der Waals surface area contributed by atoms with E-state index in [0.717, 1.165) is 5.92 Å². The Morgan fingerprint density at radius 1 is 0.871 bits per heavy atom. The van der Waals surface area contributed by atoms with Crippen LogP contribution in [0.4, 0.5) is 0 Å². The molecular weight excluding hydrogens is 479 g/mol. The molecule has 0 saturated heterocycles. The van der Waals surface area contributed by atoms with E-state index < -0.39 is 7.92 Å². The smallest absolute Gasteiger partial charge is 0.0254 e. The molecule has 2 aliphatic carbocycles. The fraction of sp³-hybridized carbons (Fsp3) is 0.429. The van der Waals surface area contributed by atoms with Crippen LogP contribution in [0, 0.1) is 30.6 Å². The number of hydrogen-bond donors (Lipinski definition) is 0. The van der Waals surface area contributed by atoms with Crippen LogP contribution in [-0.4, -0.2) is 4.83 Å². The van der Waals surface area contributed by atoms with Crippen LogP contribution in [0.15, 0.2) is 60.7 Å².